The van der Waals surface area contributed by atoms with Gasteiger partial charge < -0.3 is 4.57 Å². The van der Waals surface area contributed by atoms with Crippen molar-refractivity contribution in [1.82, 2.24) is 14.8 Å². The molecule has 0 spiro atoms. The van der Waals surface area contributed by atoms with Crippen molar-refractivity contribution in [3.05, 3.63) is 40.2 Å². The Bertz CT molecular complexity index is 562. The Kier molecular flexibility index (Phi) is 2.86. The molecule has 6 nitrogen and oxygen atoms in total. The van der Waals surface area contributed by atoms with Gasteiger partial charge in [0.25, 0.3) is 5.69 Å². The molecule has 1 aromatic carbocycles. The Morgan fingerprint density at radius 1 is 1.47 bits per heavy atom. The number of hydrogen-bond donors (Lipinski definition) is 0. The number of nitro benzene ring substituents is 1. The Morgan fingerprint density at radius 3 is 2.88 bits per heavy atom. The third-order valence-corrected chi connectivity index (χ3v) is 2.63. The van der Waals surface area contributed by atoms with E-state index in [2.05, 4.69) is 10.2 Å². The van der Waals surface area contributed by atoms with Crippen molar-refractivity contribution in [2.75, 3.05) is 0 Å². The SMILES string of the molecule is CCn1cnnc1-c1c(C)cccc1[N+](=O)[O-]. The first-order valence-electron chi connectivity index (χ1n) is 5.27. The molecule has 0 aliphatic heterocycles. The molecule has 0 N–H and O–H groups in total. The lowest BCUT2D eigenvalue weighted by Gasteiger charge is -2.07. The molecule has 1 aromatic heterocycles. The molecule has 0 unspecified atom stereocenters. The van der Waals surface area contributed by atoms with Crippen molar-refractivity contribution in [1.29, 1.82) is 0 Å². The van der Waals surface area contributed by atoms with Crippen LogP contribution < -0.4 is 0 Å². The van der Waals surface area contributed by atoms with Gasteiger partial charge in [-0.3, -0.25) is 10.1 Å². The average Bonchev–Trinajstić information content (AvgIpc) is 2.76. The topological polar surface area (TPSA) is 73.8 Å². The van der Waals surface area contributed by atoms with E-state index >= 15 is 0 Å². The van der Waals surface area contributed by atoms with Crippen LogP contribution in [0.1, 0.15) is 12.5 Å². The highest BCUT2D eigenvalue weighted by molar-refractivity contribution is 5.71. The maximum atomic E-state index is 11.0. The second kappa shape index (κ2) is 4.32. The first-order chi connectivity index (χ1) is 8.15. The molecule has 1 heterocycles. The van der Waals surface area contributed by atoms with E-state index in [0.717, 1.165) is 5.56 Å². The molecule has 2 rings (SSSR count). The first-order valence-corrected chi connectivity index (χ1v) is 5.27. The van der Waals surface area contributed by atoms with E-state index in [1.54, 1.807) is 17.0 Å². The Hall–Kier alpha value is -2.24. The molecule has 2 aromatic rings. The van der Waals surface area contributed by atoms with Gasteiger partial charge in [-0.2, -0.15) is 0 Å². The smallest absolute Gasteiger partial charge is 0.280 e. The predicted molar refractivity (Wildman–Crippen MR) is 62.5 cm³/mol. The second-order valence-corrected chi connectivity index (χ2v) is 3.67. The van der Waals surface area contributed by atoms with Crippen molar-refractivity contribution in [2.45, 2.75) is 20.4 Å². The fourth-order valence-corrected chi connectivity index (χ4v) is 1.78. The standard InChI is InChI=1S/C11H12N4O2/c1-3-14-7-12-13-11(14)10-8(2)5-4-6-9(10)15(16)17/h4-7H,3H2,1-2H3. The summed E-state index contributed by atoms with van der Waals surface area (Å²) < 4.78 is 1.79. The van der Waals surface area contributed by atoms with Gasteiger partial charge in [0.15, 0.2) is 5.82 Å². The average molecular weight is 232 g/mol. The Morgan fingerprint density at radius 2 is 2.24 bits per heavy atom. The summed E-state index contributed by atoms with van der Waals surface area (Å²) in [6.45, 7) is 4.45. The van der Waals surface area contributed by atoms with Crippen molar-refractivity contribution in [3.63, 3.8) is 0 Å². The van der Waals surface area contributed by atoms with E-state index in [4.69, 9.17) is 0 Å². The lowest BCUT2D eigenvalue weighted by Crippen LogP contribution is -2.01. The molecule has 0 saturated heterocycles. The number of rotatable bonds is 3. The van der Waals surface area contributed by atoms with Crippen LogP contribution in [0.2, 0.25) is 0 Å². The lowest BCUT2D eigenvalue weighted by molar-refractivity contribution is -0.384. The number of hydrogen-bond acceptors (Lipinski definition) is 4. The van der Waals surface area contributed by atoms with E-state index in [9.17, 15) is 10.1 Å². The van der Waals surface area contributed by atoms with Crippen LogP contribution in [0.4, 0.5) is 5.69 Å². The lowest BCUT2D eigenvalue weighted by atomic mass is 10.1. The van der Waals surface area contributed by atoms with Crippen molar-refractivity contribution < 1.29 is 4.92 Å². The summed E-state index contributed by atoms with van der Waals surface area (Å²) in [5.74, 6) is 0.539. The normalized spacial score (nSPS) is 10.5. The molecular weight excluding hydrogens is 220 g/mol. The number of nitro groups is 1. The molecule has 17 heavy (non-hydrogen) atoms. The number of aromatic nitrogens is 3. The van der Waals surface area contributed by atoms with Gasteiger partial charge in [-0.15, -0.1) is 10.2 Å². The van der Waals surface area contributed by atoms with Gasteiger partial charge in [-0.05, 0) is 19.4 Å². The molecule has 0 amide bonds. The summed E-state index contributed by atoms with van der Waals surface area (Å²) in [5, 5.41) is 18.8. The van der Waals surface area contributed by atoms with Gasteiger partial charge in [-0.1, -0.05) is 12.1 Å². The molecule has 0 aliphatic rings. The highest BCUT2D eigenvalue weighted by Gasteiger charge is 2.21. The van der Waals surface area contributed by atoms with Gasteiger partial charge in [0.05, 0.1) is 10.5 Å². The number of benzene rings is 1. The van der Waals surface area contributed by atoms with Crippen LogP contribution in [0, 0.1) is 17.0 Å². The zero-order valence-corrected chi connectivity index (χ0v) is 9.62. The zero-order chi connectivity index (χ0) is 12.4. The zero-order valence-electron chi connectivity index (χ0n) is 9.62. The second-order valence-electron chi connectivity index (χ2n) is 3.67. The Balaban J connectivity index is 2.70. The van der Waals surface area contributed by atoms with Crippen LogP contribution in [0.15, 0.2) is 24.5 Å². The molecule has 6 heteroatoms. The molecule has 0 atom stereocenters. The van der Waals surface area contributed by atoms with Crippen LogP contribution in [0.5, 0.6) is 0 Å². The van der Waals surface area contributed by atoms with Gasteiger partial charge >= 0.3 is 0 Å². The van der Waals surface area contributed by atoms with E-state index in [1.165, 1.54) is 6.07 Å². The minimum absolute atomic E-state index is 0.0627. The first kappa shape index (κ1) is 11.3. The molecule has 0 aliphatic carbocycles. The van der Waals surface area contributed by atoms with Gasteiger partial charge in [0, 0.05) is 12.6 Å². The molecule has 0 fully saturated rings. The fourth-order valence-electron chi connectivity index (χ4n) is 1.78. The summed E-state index contributed by atoms with van der Waals surface area (Å²) in [6, 6.07) is 4.98. The number of aryl methyl sites for hydroxylation is 2. The highest BCUT2D eigenvalue weighted by atomic mass is 16.6. The van der Waals surface area contributed by atoms with E-state index in [1.807, 2.05) is 19.9 Å². The highest BCUT2D eigenvalue weighted by Crippen LogP contribution is 2.31. The van der Waals surface area contributed by atoms with Crippen LogP contribution in [-0.4, -0.2) is 19.7 Å². The fraction of sp³-hybridized carbons (Fsp3) is 0.273. The molecule has 0 radical (unpaired) electrons. The van der Waals surface area contributed by atoms with Crippen molar-refractivity contribution >= 4 is 5.69 Å². The maximum absolute atomic E-state index is 11.0. The van der Waals surface area contributed by atoms with Gasteiger partial charge in [0.1, 0.15) is 6.33 Å². The Labute approximate surface area is 98.1 Å². The monoisotopic (exact) mass is 232 g/mol. The minimum Gasteiger partial charge on any atom is -0.314 e. The number of nitrogens with zero attached hydrogens (tertiary/aromatic N) is 4. The predicted octanol–water partition coefficient (Wildman–Crippen LogP) is 2.18. The van der Waals surface area contributed by atoms with Crippen LogP contribution in [-0.2, 0) is 6.54 Å². The van der Waals surface area contributed by atoms with Crippen LogP contribution in [0.3, 0.4) is 0 Å². The van der Waals surface area contributed by atoms with Crippen LogP contribution in [0.25, 0.3) is 11.4 Å². The summed E-state index contributed by atoms with van der Waals surface area (Å²) >= 11 is 0. The summed E-state index contributed by atoms with van der Waals surface area (Å²) in [6.07, 6.45) is 1.57. The third kappa shape index (κ3) is 1.89. The van der Waals surface area contributed by atoms with Gasteiger partial charge in [0.2, 0.25) is 0 Å². The third-order valence-electron chi connectivity index (χ3n) is 2.63. The summed E-state index contributed by atoms with van der Waals surface area (Å²) in [7, 11) is 0. The molecule has 0 saturated carbocycles. The molecular formula is C11H12N4O2. The minimum atomic E-state index is -0.392. The summed E-state index contributed by atoms with van der Waals surface area (Å²) in [5.41, 5.74) is 1.42. The quantitative estimate of drug-likeness (QED) is 0.600. The van der Waals surface area contributed by atoms with Crippen molar-refractivity contribution in [2.24, 2.45) is 0 Å². The molecule has 88 valence electrons. The maximum Gasteiger partial charge on any atom is 0.280 e. The van der Waals surface area contributed by atoms with E-state index in [-0.39, 0.29) is 5.69 Å². The molecule has 0 bridgehead atoms. The van der Waals surface area contributed by atoms with Crippen molar-refractivity contribution in [3.8, 4) is 11.4 Å². The van der Waals surface area contributed by atoms with E-state index in [0.29, 0.717) is 17.9 Å². The largest absolute Gasteiger partial charge is 0.314 e. The van der Waals surface area contributed by atoms with Crippen LogP contribution >= 0.6 is 0 Å². The summed E-state index contributed by atoms with van der Waals surface area (Å²) in [4.78, 5) is 10.6. The van der Waals surface area contributed by atoms with E-state index < -0.39 is 4.92 Å². The van der Waals surface area contributed by atoms with Gasteiger partial charge in [-0.25, -0.2) is 0 Å².